The van der Waals surface area contributed by atoms with E-state index in [2.05, 4.69) is 15.3 Å². The molecule has 5 nitrogen and oxygen atoms in total. The third-order valence-corrected chi connectivity index (χ3v) is 2.39. The number of aromatic nitrogens is 2. The molecule has 0 saturated heterocycles. The Hall–Kier alpha value is -2.01. The van der Waals surface area contributed by atoms with Crippen molar-refractivity contribution in [2.45, 2.75) is 0 Å². The Bertz CT molecular complexity index is 583. The summed E-state index contributed by atoms with van der Waals surface area (Å²) in [5.74, 6) is 0.967. The van der Waals surface area contributed by atoms with Gasteiger partial charge in [0, 0.05) is 0 Å². The number of nitrogens with zero attached hydrogens (tertiary/aromatic N) is 1. The Morgan fingerprint density at radius 3 is 2.88 bits per heavy atom. The molecule has 0 aliphatic carbocycles. The molecule has 0 aliphatic rings. The third-order valence-electron chi connectivity index (χ3n) is 2.12. The molecule has 0 fully saturated rings. The highest BCUT2D eigenvalue weighted by molar-refractivity contribution is 6.30. The SMILES string of the molecule is COc1ccccc1Nc1ncc(Cl)c(=O)[nH]1. The molecule has 0 atom stereocenters. The molecule has 0 spiro atoms. The lowest BCUT2D eigenvalue weighted by Crippen LogP contribution is -2.10. The molecule has 0 bridgehead atoms. The Kier molecular flexibility index (Phi) is 3.30. The van der Waals surface area contributed by atoms with Gasteiger partial charge >= 0.3 is 0 Å². The van der Waals surface area contributed by atoms with Crippen LogP contribution >= 0.6 is 11.6 Å². The number of aromatic amines is 1. The summed E-state index contributed by atoms with van der Waals surface area (Å²) in [5, 5.41) is 2.99. The number of hydrogen-bond acceptors (Lipinski definition) is 4. The zero-order valence-electron chi connectivity index (χ0n) is 9.03. The minimum atomic E-state index is -0.390. The van der Waals surface area contributed by atoms with Gasteiger partial charge in [-0.05, 0) is 12.1 Å². The van der Waals surface area contributed by atoms with Crippen LogP contribution in [0.2, 0.25) is 5.02 Å². The van der Waals surface area contributed by atoms with E-state index in [1.165, 1.54) is 6.20 Å². The molecular formula is C11H10ClN3O2. The van der Waals surface area contributed by atoms with E-state index in [1.54, 1.807) is 13.2 Å². The largest absolute Gasteiger partial charge is 0.495 e. The molecule has 88 valence electrons. The molecule has 1 aromatic heterocycles. The van der Waals surface area contributed by atoms with Gasteiger partial charge in [0.2, 0.25) is 5.95 Å². The first-order valence-corrected chi connectivity index (χ1v) is 5.23. The second kappa shape index (κ2) is 4.88. The second-order valence-corrected chi connectivity index (χ2v) is 3.64. The van der Waals surface area contributed by atoms with Gasteiger partial charge in [0.15, 0.2) is 0 Å². The molecule has 0 saturated carbocycles. The van der Waals surface area contributed by atoms with Crippen LogP contribution in [-0.2, 0) is 0 Å². The lowest BCUT2D eigenvalue weighted by molar-refractivity contribution is 0.417. The molecule has 0 radical (unpaired) electrons. The second-order valence-electron chi connectivity index (χ2n) is 3.23. The summed E-state index contributed by atoms with van der Waals surface area (Å²) < 4.78 is 5.16. The number of H-pyrrole nitrogens is 1. The first-order chi connectivity index (χ1) is 8.20. The van der Waals surface area contributed by atoms with Gasteiger partial charge in [-0.1, -0.05) is 23.7 Å². The monoisotopic (exact) mass is 251 g/mol. The quantitative estimate of drug-likeness (QED) is 0.877. The van der Waals surface area contributed by atoms with Crippen LogP contribution < -0.4 is 15.6 Å². The number of hydrogen-bond donors (Lipinski definition) is 2. The first kappa shape index (κ1) is 11.5. The fourth-order valence-corrected chi connectivity index (χ4v) is 1.41. The van der Waals surface area contributed by atoms with E-state index < -0.39 is 0 Å². The van der Waals surface area contributed by atoms with Crippen molar-refractivity contribution in [3.05, 3.63) is 45.8 Å². The summed E-state index contributed by atoms with van der Waals surface area (Å²) in [5.41, 5.74) is 0.319. The van der Waals surface area contributed by atoms with Crippen molar-refractivity contribution in [1.82, 2.24) is 9.97 Å². The predicted molar refractivity (Wildman–Crippen MR) is 66.1 cm³/mol. The molecule has 0 aliphatic heterocycles. The van der Waals surface area contributed by atoms with Crippen molar-refractivity contribution in [3.8, 4) is 5.75 Å². The third kappa shape index (κ3) is 2.57. The number of nitrogens with one attached hydrogen (secondary N) is 2. The van der Waals surface area contributed by atoms with E-state index in [0.29, 0.717) is 17.4 Å². The number of ether oxygens (including phenoxy) is 1. The maximum Gasteiger partial charge on any atom is 0.271 e. The molecular weight excluding hydrogens is 242 g/mol. The van der Waals surface area contributed by atoms with E-state index >= 15 is 0 Å². The topological polar surface area (TPSA) is 67.0 Å². The van der Waals surface area contributed by atoms with E-state index in [1.807, 2.05) is 18.2 Å². The first-order valence-electron chi connectivity index (χ1n) is 4.85. The van der Waals surface area contributed by atoms with Crippen molar-refractivity contribution in [2.24, 2.45) is 0 Å². The summed E-state index contributed by atoms with van der Waals surface area (Å²) >= 11 is 5.58. The number of halogens is 1. The van der Waals surface area contributed by atoms with Crippen LogP contribution in [0.5, 0.6) is 5.75 Å². The highest BCUT2D eigenvalue weighted by atomic mass is 35.5. The predicted octanol–water partition coefficient (Wildman–Crippen LogP) is 2.18. The summed E-state index contributed by atoms with van der Waals surface area (Å²) in [7, 11) is 1.57. The lowest BCUT2D eigenvalue weighted by Gasteiger charge is -2.09. The normalized spacial score (nSPS) is 10.0. The zero-order valence-corrected chi connectivity index (χ0v) is 9.78. The minimum absolute atomic E-state index is 0.0515. The maximum absolute atomic E-state index is 11.3. The minimum Gasteiger partial charge on any atom is -0.495 e. The Labute approximate surface area is 102 Å². The van der Waals surface area contributed by atoms with Crippen molar-refractivity contribution >= 4 is 23.2 Å². The molecule has 2 rings (SSSR count). The Morgan fingerprint density at radius 2 is 2.18 bits per heavy atom. The van der Waals surface area contributed by atoms with Crippen molar-refractivity contribution in [1.29, 1.82) is 0 Å². The molecule has 1 aromatic carbocycles. The maximum atomic E-state index is 11.3. The van der Waals surface area contributed by atoms with Gasteiger partial charge in [0.1, 0.15) is 10.8 Å². The van der Waals surface area contributed by atoms with Crippen LogP contribution in [0, 0.1) is 0 Å². The molecule has 0 unspecified atom stereocenters. The number of rotatable bonds is 3. The van der Waals surface area contributed by atoms with E-state index in [-0.39, 0.29) is 10.6 Å². The van der Waals surface area contributed by atoms with Crippen LogP contribution in [0.1, 0.15) is 0 Å². The van der Waals surface area contributed by atoms with E-state index in [0.717, 1.165) is 0 Å². The van der Waals surface area contributed by atoms with Gasteiger partial charge in [0.05, 0.1) is 19.0 Å². The van der Waals surface area contributed by atoms with E-state index in [9.17, 15) is 4.79 Å². The fourth-order valence-electron chi connectivity index (χ4n) is 1.32. The van der Waals surface area contributed by atoms with Crippen LogP contribution in [0.3, 0.4) is 0 Å². The number of para-hydroxylation sites is 2. The summed E-state index contributed by atoms with van der Waals surface area (Å²) in [6, 6.07) is 7.31. The smallest absolute Gasteiger partial charge is 0.271 e. The van der Waals surface area contributed by atoms with Crippen LogP contribution in [0.4, 0.5) is 11.6 Å². The summed E-state index contributed by atoms with van der Waals surface area (Å²) in [6.45, 7) is 0. The van der Waals surface area contributed by atoms with Gasteiger partial charge in [-0.25, -0.2) is 4.98 Å². The van der Waals surface area contributed by atoms with Gasteiger partial charge < -0.3 is 10.1 Å². The Morgan fingerprint density at radius 1 is 1.41 bits per heavy atom. The molecule has 0 amide bonds. The van der Waals surface area contributed by atoms with Crippen molar-refractivity contribution in [2.75, 3.05) is 12.4 Å². The average molecular weight is 252 g/mol. The molecule has 6 heteroatoms. The number of methoxy groups -OCH3 is 1. The average Bonchev–Trinajstić information content (AvgIpc) is 2.34. The van der Waals surface area contributed by atoms with Crippen LogP contribution in [0.15, 0.2) is 35.3 Å². The molecule has 2 N–H and O–H groups in total. The highest BCUT2D eigenvalue weighted by Crippen LogP contribution is 2.25. The molecule has 17 heavy (non-hydrogen) atoms. The van der Waals surface area contributed by atoms with Crippen LogP contribution in [-0.4, -0.2) is 17.1 Å². The van der Waals surface area contributed by atoms with Crippen molar-refractivity contribution in [3.63, 3.8) is 0 Å². The van der Waals surface area contributed by atoms with Gasteiger partial charge in [-0.3, -0.25) is 9.78 Å². The zero-order chi connectivity index (χ0) is 12.3. The number of anilines is 2. The standard InChI is InChI=1S/C11H10ClN3O2/c1-17-9-5-3-2-4-8(9)14-11-13-6-7(12)10(16)15-11/h2-6H,1H3,(H2,13,14,15,16). The van der Waals surface area contributed by atoms with Gasteiger partial charge in [-0.2, -0.15) is 0 Å². The lowest BCUT2D eigenvalue weighted by atomic mass is 10.3. The Balaban J connectivity index is 2.31. The highest BCUT2D eigenvalue weighted by Gasteiger charge is 2.04. The van der Waals surface area contributed by atoms with Crippen molar-refractivity contribution < 1.29 is 4.74 Å². The molecule has 1 heterocycles. The van der Waals surface area contributed by atoms with Gasteiger partial charge in [0.25, 0.3) is 5.56 Å². The van der Waals surface area contributed by atoms with E-state index in [4.69, 9.17) is 16.3 Å². The summed E-state index contributed by atoms with van der Waals surface area (Å²) in [6.07, 6.45) is 1.29. The molecule has 2 aromatic rings. The summed E-state index contributed by atoms with van der Waals surface area (Å²) in [4.78, 5) is 17.8. The van der Waals surface area contributed by atoms with Gasteiger partial charge in [-0.15, -0.1) is 0 Å². The van der Waals surface area contributed by atoms with Crippen LogP contribution in [0.25, 0.3) is 0 Å². The fraction of sp³-hybridized carbons (Fsp3) is 0.0909. The number of benzene rings is 1.